The van der Waals surface area contributed by atoms with Gasteiger partial charge in [0.15, 0.2) is 0 Å². The first-order valence-electron chi connectivity index (χ1n) is 7.80. The Morgan fingerprint density at radius 1 is 1.23 bits per heavy atom. The van der Waals surface area contributed by atoms with E-state index in [0.29, 0.717) is 23.1 Å². The van der Waals surface area contributed by atoms with Crippen LogP contribution in [-0.2, 0) is 6.61 Å². The molecule has 0 aliphatic heterocycles. The number of aryl methyl sites for hydroxylation is 1. The van der Waals surface area contributed by atoms with Crippen LogP contribution in [0.2, 0.25) is 5.02 Å². The molecule has 1 heterocycles. The predicted molar refractivity (Wildman–Crippen MR) is 101 cm³/mol. The van der Waals surface area contributed by atoms with Crippen LogP contribution >= 0.6 is 11.6 Å². The van der Waals surface area contributed by atoms with Crippen LogP contribution in [0.1, 0.15) is 16.8 Å². The molecule has 3 rings (SSSR count). The van der Waals surface area contributed by atoms with Gasteiger partial charge in [0.25, 0.3) is 5.56 Å². The van der Waals surface area contributed by atoms with Gasteiger partial charge in [-0.05, 0) is 42.3 Å². The SMILES string of the molecule is Cc1nnc(N/N=C/c2cccc(OCc3cccc(Cl)c3)c2)[nH]c1=O. The number of rotatable bonds is 6. The number of ether oxygens (including phenoxy) is 1. The summed E-state index contributed by atoms with van der Waals surface area (Å²) in [5.41, 5.74) is 4.42. The summed E-state index contributed by atoms with van der Waals surface area (Å²) >= 11 is 5.97. The lowest BCUT2D eigenvalue weighted by Gasteiger charge is -2.07. The maximum absolute atomic E-state index is 11.5. The molecule has 2 aromatic carbocycles. The minimum atomic E-state index is -0.311. The van der Waals surface area contributed by atoms with Gasteiger partial charge in [-0.25, -0.2) is 5.43 Å². The Labute approximate surface area is 154 Å². The lowest BCUT2D eigenvalue weighted by atomic mass is 10.2. The number of aromatic amines is 1. The number of hydrazone groups is 1. The molecule has 0 bridgehead atoms. The second-order valence-electron chi connectivity index (χ2n) is 5.45. The van der Waals surface area contributed by atoms with E-state index in [4.69, 9.17) is 16.3 Å². The van der Waals surface area contributed by atoms with Gasteiger partial charge in [0.2, 0.25) is 5.95 Å². The highest BCUT2D eigenvalue weighted by Crippen LogP contribution is 2.16. The molecule has 1 aromatic heterocycles. The van der Waals surface area contributed by atoms with Gasteiger partial charge in [-0.2, -0.15) is 5.10 Å². The topological polar surface area (TPSA) is 92.3 Å². The van der Waals surface area contributed by atoms with E-state index in [9.17, 15) is 4.79 Å². The number of benzene rings is 2. The molecule has 0 saturated carbocycles. The average molecular weight is 370 g/mol. The number of halogens is 1. The molecule has 0 amide bonds. The van der Waals surface area contributed by atoms with Crippen molar-refractivity contribution in [1.82, 2.24) is 15.2 Å². The van der Waals surface area contributed by atoms with Gasteiger partial charge in [-0.15, -0.1) is 10.2 Å². The third-order valence-electron chi connectivity index (χ3n) is 3.40. The molecule has 0 aliphatic carbocycles. The lowest BCUT2D eigenvalue weighted by Crippen LogP contribution is -2.15. The highest BCUT2D eigenvalue weighted by atomic mass is 35.5. The largest absolute Gasteiger partial charge is 0.489 e. The summed E-state index contributed by atoms with van der Waals surface area (Å²) in [5, 5.41) is 12.2. The Kier molecular flexibility index (Phi) is 5.60. The summed E-state index contributed by atoms with van der Waals surface area (Å²) in [7, 11) is 0. The van der Waals surface area contributed by atoms with Crippen LogP contribution in [0.25, 0.3) is 0 Å². The zero-order valence-electron chi connectivity index (χ0n) is 13.9. The number of H-pyrrole nitrogens is 1. The molecule has 7 nitrogen and oxygen atoms in total. The third kappa shape index (κ3) is 4.90. The summed E-state index contributed by atoms with van der Waals surface area (Å²) in [6.07, 6.45) is 1.59. The monoisotopic (exact) mass is 369 g/mol. The van der Waals surface area contributed by atoms with E-state index in [2.05, 4.69) is 25.7 Å². The van der Waals surface area contributed by atoms with E-state index in [1.807, 2.05) is 48.5 Å². The molecule has 2 N–H and O–H groups in total. The molecule has 0 aliphatic rings. The first-order valence-corrected chi connectivity index (χ1v) is 8.18. The number of hydrogen-bond donors (Lipinski definition) is 2. The van der Waals surface area contributed by atoms with E-state index in [1.165, 1.54) is 0 Å². The second-order valence-corrected chi connectivity index (χ2v) is 5.89. The van der Waals surface area contributed by atoms with Crippen molar-refractivity contribution in [3.63, 3.8) is 0 Å². The molecule has 132 valence electrons. The molecule has 26 heavy (non-hydrogen) atoms. The van der Waals surface area contributed by atoms with Gasteiger partial charge < -0.3 is 4.74 Å². The number of nitrogens with one attached hydrogen (secondary N) is 2. The lowest BCUT2D eigenvalue weighted by molar-refractivity contribution is 0.306. The van der Waals surface area contributed by atoms with Gasteiger partial charge in [-0.1, -0.05) is 35.9 Å². The average Bonchev–Trinajstić information content (AvgIpc) is 2.63. The minimum absolute atomic E-state index is 0.171. The first-order chi connectivity index (χ1) is 12.6. The van der Waals surface area contributed by atoms with Crippen molar-refractivity contribution in [3.05, 3.63) is 80.7 Å². The van der Waals surface area contributed by atoms with Crippen molar-refractivity contribution >= 4 is 23.8 Å². The van der Waals surface area contributed by atoms with E-state index >= 15 is 0 Å². The molecule has 0 atom stereocenters. The Bertz CT molecular complexity index is 987. The molecular weight excluding hydrogens is 354 g/mol. The number of aromatic nitrogens is 3. The second kappa shape index (κ2) is 8.26. The quantitative estimate of drug-likeness (QED) is 0.514. The molecule has 0 spiro atoms. The van der Waals surface area contributed by atoms with Crippen LogP contribution < -0.4 is 15.7 Å². The molecule has 0 fully saturated rings. The van der Waals surface area contributed by atoms with Crippen LogP contribution in [0.4, 0.5) is 5.95 Å². The van der Waals surface area contributed by atoms with E-state index in [-0.39, 0.29) is 11.5 Å². The minimum Gasteiger partial charge on any atom is -0.489 e. The summed E-state index contributed by atoms with van der Waals surface area (Å²) in [5.74, 6) is 0.877. The Balaban J connectivity index is 1.61. The van der Waals surface area contributed by atoms with Crippen LogP contribution in [-0.4, -0.2) is 21.4 Å². The molecule has 3 aromatic rings. The van der Waals surface area contributed by atoms with Gasteiger partial charge in [0, 0.05) is 5.02 Å². The zero-order valence-corrected chi connectivity index (χ0v) is 14.7. The maximum Gasteiger partial charge on any atom is 0.274 e. The van der Waals surface area contributed by atoms with Crippen molar-refractivity contribution in [2.24, 2.45) is 5.10 Å². The van der Waals surface area contributed by atoms with Gasteiger partial charge in [-0.3, -0.25) is 9.78 Å². The highest BCUT2D eigenvalue weighted by Gasteiger charge is 2.00. The standard InChI is InChI=1S/C18H16ClN5O2/c1-12-17(25)21-18(24-22-12)23-20-10-13-4-3-7-16(9-13)26-11-14-5-2-6-15(19)8-14/h2-10H,11H2,1H3,(H2,21,23,24,25)/b20-10+. The van der Waals surface area contributed by atoms with Crippen LogP contribution in [0, 0.1) is 6.92 Å². The summed E-state index contributed by atoms with van der Waals surface area (Å²) < 4.78 is 5.77. The molecule has 0 saturated heterocycles. The van der Waals surface area contributed by atoms with E-state index in [0.717, 1.165) is 11.1 Å². The molecular formula is C18H16ClN5O2. The number of hydrogen-bond acceptors (Lipinski definition) is 6. The normalized spacial score (nSPS) is 10.8. The van der Waals surface area contributed by atoms with Crippen LogP contribution in [0.5, 0.6) is 5.75 Å². The van der Waals surface area contributed by atoms with Crippen molar-refractivity contribution in [3.8, 4) is 5.75 Å². The first kappa shape index (κ1) is 17.6. The Morgan fingerprint density at radius 2 is 2.08 bits per heavy atom. The van der Waals surface area contributed by atoms with Gasteiger partial charge in [0.1, 0.15) is 18.1 Å². The maximum atomic E-state index is 11.5. The smallest absolute Gasteiger partial charge is 0.274 e. The fraction of sp³-hybridized carbons (Fsp3) is 0.111. The highest BCUT2D eigenvalue weighted by molar-refractivity contribution is 6.30. The number of nitrogens with zero attached hydrogens (tertiary/aromatic N) is 3. The fourth-order valence-electron chi connectivity index (χ4n) is 2.09. The third-order valence-corrected chi connectivity index (χ3v) is 3.63. The zero-order chi connectivity index (χ0) is 18.4. The van der Waals surface area contributed by atoms with Crippen molar-refractivity contribution in [2.75, 3.05) is 5.43 Å². The summed E-state index contributed by atoms with van der Waals surface area (Å²) in [6.45, 7) is 1.99. The van der Waals surface area contributed by atoms with E-state index < -0.39 is 0 Å². The molecule has 0 unspecified atom stereocenters. The van der Waals surface area contributed by atoms with Gasteiger partial charge in [0.05, 0.1) is 6.21 Å². The summed E-state index contributed by atoms with van der Waals surface area (Å²) in [6, 6.07) is 15.0. The summed E-state index contributed by atoms with van der Waals surface area (Å²) in [4.78, 5) is 14.0. The Hall–Kier alpha value is -3.19. The van der Waals surface area contributed by atoms with Crippen LogP contribution in [0.3, 0.4) is 0 Å². The predicted octanol–water partition coefficient (Wildman–Crippen LogP) is 3.15. The number of anilines is 1. The van der Waals surface area contributed by atoms with Gasteiger partial charge >= 0.3 is 0 Å². The fourth-order valence-corrected chi connectivity index (χ4v) is 2.30. The van der Waals surface area contributed by atoms with Crippen molar-refractivity contribution < 1.29 is 4.74 Å². The molecule has 8 heteroatoms. The Morgan fingerprint density at radius 3 is 2.88 bits per heavy atom. The molecule has 0 radical (unpaired) electrons. The van der Waals surface area contributed by atoms with Crippen LogP contribution in [0.15, 0.2) is 58.4 Å². The van der Waals surface area contributed by atoms with Crippen molar-refractivity contribution in [1.29, 1.82) is 0 Å². The van der Waals surface area contributed by atoms with Crippen molar-refractivity contribution in [2.45, 2.75) is 13.5 Å². The van der Waals surface area contributed by atoms with E-state index in [1.54, 1.807) is 13.1 Å².